The van der Waals surface area contributed by atoms with E-state index < -0.39 is 0 Å². The fourth-order valence-corrected chi connectivity index (χ4v) is 2.78. The van der Waals surface area contributed by atoms with Crippen LogP contribution in [-0.2, 0) is 0 Å². The summed E-state index contributed by atoms with van der Waals surface area (Å²) in [6.45, 7) is 5.91. The summed E-state index contributed by atoms with van der Waals surface area (Å²) in [6, 6.07) is 14.5. The maximum atomic E-state index is 12.7. The zero-order valence-electron chi connectivity index (χ0n) is 15.9. The summed E-state index contributed by atoms with van der Waals surface area (Å²) in [4.78, 5) is 17.2. The van der Waals surface area contributed by atoms with E-state index in [0.29, 0.717) is 17.3 Å². The van der Waals surface area contributed by atoms with Gasteiger partial charge in [-0.3, -0.25) is 4.79 Å². The zero-order valence-corrected chi connectivity index (χ0v) is 15.9. The summed E-state index contributed by atoms with van der Waals surface area (Å²) in [6.07, 6.45) is 0. The minimum atomic E-state index is -0.378. The number of benzene rings is 2. The number of aryl methyl sites for hydroxylation is 1. The molecule has 0 radical (unpaired) electrons. The number of amides is 1. The van der Waals surface area contributed by atoms with Gasteiger partial charge in [0.05, 0.1) is 7.11 Å². The van der Waals surface area contributed by atoms with E-state index in [1.54, 1.807) is 13.2 Å². The SMILES string of the molecule is COc1ccc(-c2noc([C@H](NC(=O)c3ccccc3C)C(C)C)n2)cc1. The predicted octanol–water partition coefficient (Wildman–Crippen LogP) is 4.18. The molecule has 0 unspecified atom stereocenters. The van der Waals surface area contributed by atoms with E-state index in [1.807, 2.05) is 63.2 Å². The zero-order chi connectivity index (χ0) is 19.4. The molecule has 1 aromatic heterocycles. The lowest BCUT2D eigenvalue weighted by Crippen LogP contribution is -2.32. The van der Waals surface area contributed by atoms with Crippen LogP contribution in [-0.4, -0.2) is 23.2 Å². The van der Waals surface area contributed by atoms with E-state index in [-0.39, 0.29) is 17.9 Å². The van der Waals surface area contributed by atoms with Gasteiger partial charge in [-0.15, -0.1) is 0 Å². The molecular weight excluding hydrogens is 342 g/mol. The Morgan fingerprint density at radius 2 is 1.81 bits per heavy atom. The molecule has 0 spiro atoms. The van der Waals surface area contributed by atoms with E-state index in [0.717, 1.165) is 16.9 Å². The highest BCUT2D eigenvalue weighted by atomic mass is 16.5. The molecule has 140 valence electrons. The van der Waals surface area contributed by atoms with Crippen molar-refractivity contribution in [2.24, 2.45) is 5.92 Å². The van der Waals surface area contributed by atoms with Gasteiger partial charge < -0.3 is 14.6 Å². The highest BCUT2D eigenvalue weighted by molar-refractivity contribution is 5.95. The van der Waals surface area contributed by atoms with Gasteiger partial charge in [0.15, 0.2) is 0 Å². The fourth-order valence-electron chi connectivity index (χ4n) is 2.78. The van der Waals surface area contributed by atoms with E-state index in [9.17, 15) is 4.79 Å². The Morgan fingerprint density at radius 1 is 1.11 bits per heavy atom. The first-order valence-electron chi connectivity index (χ1n) is 8.84. The minimum Gasteiger partial charge on any atom is -0.497 e. The third-order valence-corrected chi connectivity index (χ3v) is 4.40. The van der Waals surface area contributed by atoms with Crippen LogP contribution in [0.3, 0.4) is 0 Å². The van der Waals surface area contributed by atoms with Crippen molar-refractivity contribution >= 4 is 5.91 Å². The first-order chi connectivity index (χ1) is 13.0. The molecule has 3 aromatic rings. The highest BCUT2D eigenvalue weighted by Crippen LogP contribution is 2.25. The maximum Gasteiger partial charge on any atom is 0.252 e. The molecule has 6 nitrogen and oxygen atoms in total. The summed E-state index contributed by atoms with van der Waals surface area (Å²) in [5, 5.41) is 7.08. The van der Waals surface area contributed by atoms with E-state index >= 15 is 0 Å². The number of methoxy groups -OCH3 is 1. The lowest BCUT2D eigenvalue weighted by molar-refractivity contribution is 0.0913. The molecule has 1 atom stereocenters. The van der Waals surface area contributed by atoms with Crippen molar-refractivity contribution in [3.63, 3.8) is 0 Å². The summed E-state index contributed by atoms with van der Waals surface area (Å²) < 4.78 is 10.6. The molecule has 1 amide bonds. The monoisotopic (exact) mass is 365 g/mol. The molecule has 2 aromatic carbocycles. The van der Waals surface area contributed by atoms with Gasteiger partial charge in [-0.1, -0.05) is 37.2 Å². The molecule has 0 bridgehead atoms. The summed E-state index contributed by atoms with van der Waals surface area (Å²) in [5.74, 6) is 1.55. The van der Waals surface area contributed by atoms with Gasteiger partial charge in [0, 0.05) is 11.1 Å². The lowest BCUT2D eigenvalue weighted by atomic mass is 10.0. The number of aromatic nitrogens is 2. The Kier molecular flexibility index (Phi) is 5.54. The van der Waals surface area contributed by atoms with E-state index in [1.165, 1.54) is 0 Å². The van der Waals surface area contributed by atoms with Crippen LogP contribution in [0.2, 0.25) is 0 Å². The van der Waals surface area contributed by atoms with Crippen molar-refractivity contribution < 1.29 is 14.1 Å². The van der Waals surface area contributed by atoms with Crippen molar-refractivity contribution in [1.82, 2.24) is 15.5 Å². The third kappa shape index (κ3) is 4.16. The van der Waals surface area contributed by atoms with Crippen LogP contribution in [0.4, 0.5) is 0 Å². The number of nitrogens with zero attached hydrogens (tertiary/aromatic N) is 2. The summed E-state index contributed by atoms with van der Waals surface area (Å²) in [5.41, 5.74) is 2.37. The topological polar surface area (TPSA) is 77.3 Å². The molecule has 0 fully saturated rings. The van der Waals surface area contributed by atoms with E-state index in [2.05, 4.69) is 15.5 Å². The first-order valence-corrected chi connectivity index (χ1v) is 8.84. The maximum absolute atomic E-state index is 12.7. The van der Waals surface area contributed by atoms with Gasteiger partial charge >= 0.3 is 0 Å². The molecule has 1 heterocycles. The van der Waals surface area contributed by atoms with Crippen LogP contribution in [0.5, 0.6) is 5.75 Å². The number of ether oxygens (including phenoxy) is 1. The van der Waals surface area contributed by atoms with E-state index in [4.69, 9.17) is 9.26 Å². The summed E-state index contributed by atoms with van der Waals surface area (Å²) >= 11 is 0. The molecule has 0 aliphatic rings. The van der Waals surface area contributed by atoms with Crippen molar-refractivity contribution in [3.05, 3.63) is 65.5 Å². The molecule has 1 N–H and O–H groups in total. The van der Waals surface area contributed by atoms with Gasteiger partial charge in [0.1, 0.15) is 11.8 Å². The molecule has 0 saturated carbocycles. The van der Waals surface area contributed by atoms with Crippen molar-refractivity contribution in [3.8, 4) is 17.1 Å². The molecule has 3 rings (SSSR count). The second-order valence-electron chi connectivity index (χ2n) is 6.69. The van der Waals surface area contributed by atoms with Crippen molar-refractivity contribution in [2.75, 3.05) is 7.11 Å². The number of carbonyl (C=O) groups is 1. The van der Waals surface area contributed by atoms with Crippen LogP contribution < -0.4 is 10.1 Å². The lowest BCUT2D eigenvalue weighted by Gasteiger charge is -2.19. The molecule has 6 heteroatoms. The fraction of sp³-hybridized carbons (Fsp3) is 0.286. The predicted molar refractivity (Wildman–Crippen MR) is 103 cm³/mol. The number of hydrogen-bond acceptors (Lipinski definition) is 5. The van der Waals surface area contributed by atoms with Crippen LogP contribution >= 0.6 is 0 Å². The Morgan fingerprint density at radius 3 is 2.44 bits per heavy atom. The molecule has 0 aliphatic carbocycles. The Labute approximate surface area is 158 Å². The molecule has 27 heavy (non-hydrogen) atoms. The van der Waals surface area contributed by atoms with Crippen LogP contribution in [0, 0.1) is 12.8 Å². The Balaban J connectivity index is 1.82. The first kappa shape index (κ1) is 18.6. The van der Waals surface area contributed by atoms with Gasteiger partial charge in [-0.05, 0) is 48.7 Å². The number of hydrogen-bond donors (Lipinski definition) is 1. The Bertz CT molecular complexity index is 916. The number of carbonyl (C=O) groups excluding carboxylic acids is 1. The van der Waals surface area contributed by atoms with Crippen LogP contribution in [0.1, 0.15) is 41.7 Å². The second-order valence-corrected chi connectivity index (χ2v) is 6.69. The number of rotatable bonds is 6. The van der Waals surface area contributed by atoms with Crippen LogP contribution in [0.15, 0.2) is 53.1 Å². The standard InChI is InChI=1S/C21H23N3O3/c1-13(2)18(22-20(25)17-8-6-5-7-14(17)3)21-23-19(24-27-21)15-9-11-16(26-4)12-10-15/h5-13,18H,1-4H3,(H,22,25)/t18-/m1/s1. The second kappa shape index (κ2) is 8.03. The highest BCUT2D eigenvalue weighted by Gasteiger charge is 2.25. The van der Waals surface area contributed by atoms with Crippen molar-refractivity contribution in [1.29, 1.82) is 0 Å². The average molecular weight is 365 g/mol. The van der Waals surface area contributed by atoms with Crippen molar-refractivity contribution in [2.45, 2.75) is 26.8 Å². The third-order valence-electron chi connectivity index (χ3n) is 4.40. The molecular formula is C21H23N3O3. The quantitative estimate of drug-likeness (QED) is 0.709. The number of nitrogens with one attached hydrogen (secondary N) is 1. The smallest absolute Gasteiger partial charge is 0.252 e. The minimum absolute atomic E-state index is 0.0853. The van der Waals surface area contributed by atoms with Gasteiger partial charge in [-0.2, -0.15) is 4.98 Å². The molecule has 0 saturated heterocycles. The van der Waals surface area contributed by atoms with Gasteiger partial charge in [0.25, 0.3) is 5.91 Å². The molecule has 0 aliphatic heterocycles. The Hall–Kier alpha value is -3.15. The summed E-state index contributed by atoms with van der Waals surface area (Å²) in [7, 11) is 1.62. The van der Waals surface area contributed by atoms with Crippen LogP contribution in [0.25, 0.3) is 11.4 Å². The largest absolute Gasteiger partial charge is 0.497 e. The normalized spacial score (nSPS) is 12.0. The van der Waals surface area contributed by atoms with Gasteiger partial charge in [-0.25, -0.2) is 0 Å². The van der Waals surface area contributed by atoms with Gasteiger partial charge in [0.2, 0.25) is 11.7 Å². The average Bonchev–Trinajstić information content (AvgIpc) is 3.16.